The van der Waals surface area contributed by atoms with Crippen LogP contribution in [0.5, 0.6) is 0 Å². The molecule has 132 valence electrons. The Morgan fingerprint density at radius 3 is 2.88 bits per heavy atom. The quantitative estimate of drug-likeness (QED) is 0.675. The second-order valence-electron chi connectivity index (χ2n) is 5.37. The summed E-state index contributed by atoms with van der Waals surface area (Å²) in [5, 5.41) is 22.2. The average Bonchev–Trinajstić information content (AvgIpc) is 3.22. The largest absolute Gasteiger partial charge is 0.316 e. The monoisotopic (exact) mass is 387 g/mol. The minimum Gasteiger partial charge on any atom is -0.316 e. The van der Waals surface area contributed by atoms with Gasteiger partial charge in [-0.1, -0.05) is 23.9 Å². The highest BCUT2D eigenvalue weighted by atomic mass is 32.2. The molecule has 1 aromatic carbocycles. The molecule has 0 saturated heterocycles. The van der Waals surface area contributed by atoms with Gasteiger partial charge in [0.2, 0.25) is 5.91 Å². The van der Waals surface area contributed by atoms with E-state index in [9.17, 15) is 9.18 Å². The minimum atomic E-state index is -0.472. The first-order valence-electron chi connectivity index (χ1n) is 7.60. The molecule has 0 bridgehead atoms. The summed E-state index contributed by atoms with van der Waals surface area (Å²) in [6.07, 6.45) is 0. The number of hydrogen-bond acceptors (Lipinski definition) is 6. The standard InChI is InChI=1S/C17H14FN5OS2/c1-10(15(24)20-16-11(9-19)7-8-25-16)26-17-22-21-14(23(17)2)12-5-3-4-6-13(12)18/h3-8,10H,1-2H3,(H,20,24)/t10-/m0/s1. The van der Waals surface area contributed by atoms with Crippen molar-refractivity contribution in [2.45, 2.75) is 17.3 Å². The number of hydrogen-bond donors (Lipinski definition) is 1. The van der Waals surface area contributed by atoms with Gasteiger partial charge in [-0.25, -0.2) is 4.39 Å². The van der Waals surface area contributed by atoms with Crippen molar-refractivity contribution < 1.29 is 9.18 Å². The van der Waals surface area contributed by atoms with E-state index < -0.39 is 5.25 Å². The molecule has 1 atom stereocenters. The van der Waals surface area contributed by atoms with E-state index in [0.29, 0.717) is 27.1 Å². The highest BCUT2D eigenvalue weighted by Crippen LogP contribution is 2.28. The third-order valence-corrected chi connectivity index (χ3v) is 5.59. The fourth-order valence-corrected chi connectivity index (χ4v) is 3.77. The number of thiophene rings is 1. The molecule has 0 radical (unpaired) electrons. The smallest absolute Gasteiger partial charge is 0.238 e. The van der Waals surface area contributed by atoms with Crippen LogP contribution in [0.1, 0.15) is 12.5 Å². The summed E-state index contributed by atoms with van der Waals surface area (Å²) in [6.45, 7) is 1.73. The number of carbonyl (C=O) groups is 1. The van der Waals surface area contributed by atoms with Gasteiger partial charge in [-0.2, -0.15) is 5.26 Å². The molecule has 0 aliphatic carbocycles. The number of rotatable bonds is 5. The van der Waals surface area contributed by atoms with Crippen LogP contribution in [0, 0.1) is 17.1 Å². The van der Waals surface area contributed by atoms with E-state index in [1.54, 1.807) is 48.2 Å². The number of benzene rings is 1. The third kappa shape index (κ3) is 3.61. The van der Waals surface area contributed by atoms with E-state index >= 15 is 0 Å². The first kappa shape index (κ1) is 18.1. The van der Waals surface area contributed by atoms with Crippen molar-refractivity contribution in [3.05, 3.63) is 47.1 Å². The van der Waals surface area contributed by atoms with Crippen LogP contribution in [0.4, 0.5) is 9.39 Å². The number of halogens is 1. The Morgan fingerprint density at radius 2 is 2.15 bits per heavy atom. The predicted octanol–water partition coefficient (Wildman–Crippen LogP) is 3.67. The van der Waals surface area contributed by atoms with Crippen molar-refractivity contribution in [2.24, 2.45) is 7.05 Å². The molecule has 0 unspecified atom stereocenters. The molecule has 1 N–H and O–H groups in total. The van der Waals surface area contributed by atoms with Crippen LogP contribution < -0.4 is 5.32 Å². The Balaban J connectivity index is 1.74. The molecule has 0 aliphatic heterocycles. The van der Waals surface area contributed by atoms with Crippen molar-refractivity contribution >= 4 is 34.0 Å². The Kier molecular flexibility index (Phi) is 5.35. The topological polar surface area (TPSA) is 83.6 Å². The van der Waals surface area contributed by atoms with Crippen molar-refractivity contribution in [2.75, 3.05) is 5.32 Å². The van der Waals surface area contributed by atoms with Crippen LogP contribution in [0.25, 0.3) is 11.4 Å². The summed E-state index contributed by atoms with van der Waals surface area (Å²) in [6, 6.07) is 10.0. The van der Waals surface area contributed by atoms with E-state index in [0.717, 1.165) is 0 Å². The fourth-order valence-electron chi connectivity index (χ4n) is 2.21. The fraction of sp³-hybridized carbons (Fsp3) is 0.176. The molecular weight excluding hydrogens is 373 g/mol. The van der Waals surface area contributed by atoms with Gasteiger partial charge in [-0.3, -0.25) is 4.79 Å². The van der Waals surface area contributed by atoms with Crippen LogP contribution in [0.2, 0.25) is 0 Å². The lowest BCUT2D eigenvalue weighted by molar-refractivity contribution is -0.115. The molecule has 0 fully saturated rings. The highest BCUT2D eigenvalue weighted by molar-refractivity contribution is 8.00. The second kappa shape index (κ2) is 7.68. The number of nitrogens with zero attached hydrogens (tertiary/aromatic N) is 4. The summed E-state index contributed by atoms with van der Waals surface area (Å²) >= 11 is 2.51. The van der Waals surface area contributed by atoms with Crippen LogP contribution in [-0.2, 0) is 11.8 Å². The highest BCUT2D eigenvalue weighted by Gasteiger charge is 2.21. The van der Waals surface area contributed by atoms with Crippen molar-refractivity contribution in [3.8, 4) is 17.5 Å². The van der Waals surface area contributed by atoms with Crippen molar-refractivity contribution in [3.63, 3.8) is 0 Å². The van der Waals surface area contributed by atoms with Crippen LogP contribution in [-0.4, -0.2) is 25.9 Å². The lowest BCUT2D eigenvalue weighted by Crippen LogP contribution is -2.22. The summed E-state index contributed by atoms with van der Waals surface area (Å²) in [7, 11) is 1.72. The number of amides is 1. The van der Waals surface area contributed by atoms with Gasteiger partial charge < -0.3 is 9.88 Å². The number of anilines is 1. The van der Waals surface area contributed by atoms with E-state index in [1.807, 2.05) is 6.07 Å². The molecule has 9 heteroatoms. The normalized spacial score (nSPS) is 11.8. The van der Waals surface area contributed by atoms with E-state index in [2.05, 4.69) is 15.5 Å². The van der Waals surface area contributed by atoms with Gasteiger partial charge in [-0.05, 0) is 30.5 Å². The van der Waals surface area contributed by atoms with Gasteiger partial charge in [0.25, 0.3) is 0 Å². The molecule has 0 spiro atoms. The number of aromatic nitrogens is 3. The Bertz CT molecular complexity index is 991. The molecular formula is C17H14FN5OS2. The molecule has 6 nitrogen and oxygen atoms in total. The number of thioether (sulfide) groups is 1. The first-order chi connectivity index (χ1) is 12.5. The van der Waals surface area contributed by atoms with Crippen LogP contribution >= 0.6 is 23.1 Å². The maximum Gasteiger partial charge on any atom is 0.238 e. The zero-order valence-corrected chi connectivity index (χ0v) is 15.6. The van der Waals surface area contributed by atoms with Crippen LogP contribution in [0.3, 0.4) is 0 Å². The maximum atomic E-state index is 14.0. The molecule has 26 heavy (non-hydrogen) atoms. The van der Waals surface area contributed by atoms with Gasteiger partial charge in [0.15, 0.2) is 11.0 Å². The second-order valence-corrected chi connectivity index (χ2v) is 7.59. The first-order valence-corrected chi connectivity index (χ1v) is 9.36. The molecule has 3 aromatic rings. The maximum absolute atomic E-state index is 14.0. The Hall–Kier alpha value is -2.70. The molecule has 0 saturated carbocycles. The number of carbonyl (C=O) groups excluding carboxylic acids is 1. The summed E-state index contributed by atoms with van der Waals surface area (Å²) < 4.78 is 15.6. The molecule has 2 heterocycles. The van der Waals surface area contributed by atoms with Gasteiger partial charge >= 0.3 is 0 Å². The lowest BCUT2D eigenvalue weighted by Gasteiger charge is -2.11. The SMILES string of the molecule is C[C@H](Sc1nnc(-c2ccccc2F)n1C)C(=O)Nc1sccc1C#N. The van der Waals surface area contributed by atoms with E-state index in [-0.39, 0.29) is 11.7 Å². The zero-order chi connectivity index (χ0) is 18.7. The van der Waals surface area contributed by atoms with Gasteiger partial charge in [0.05, 0.1) is 16.4 Å². The zero-order valence-electron chi connectivity index (χ0n) is 13.9. The van der Waals surface area contributed by atoms with Gasteiger partial charge in [-0.15, -0.1) is 21.5 Å². The van der Waals surface area contributed by atoms with E-state index in [4.69, 9.17) is 5.26 Å². The average molecular weight is 387 g/mol. The van der Waals surface area contributed by atoms with Crippen LogP contribution in [0.15, 0.2) is 40.9 Å². The Labute approximate surface area is 157 Å². The lowest BCUT2D eigenvalue weighted by atomic mass is 10.2. The number of nitrogens with one attached hydrogen (secondary N) is 1. The molecule has 1 amide bonds. The summed E-state index contributed by atoms with van der Waals surface area (Å²) in [5.74, 6) is -0.236. The predicted molar refractivity (Wildman–Crippen MR) is 99.4 cm³/mol. The minimum absolute atomic E-state index is 0.246. The molecule has 2 aromatic heterocycles. The van der Waals surface area contributed by atoms with Crippen molar-refractivity contribution in [1.29, 1.82) is 5.26 Å². The third-order valence-electron chi connectivity index (χ3n) is 3.62. The van der Waals surface area contributed by atoms with Gasteiger partial charge in [0, 0.05) is 7.05 Å². The molecule has 0 aliphatic rings. The van der Waals surface area contributed by atoms with E-state index in [1.165, 1.54) is 29.2 Å². The molecule has 3 rings (SSSR count). The van der Waals surface area contributed by atoms with Crippen molar-refractivity contribution in [1.82, 2.24) is 14.8 Å². The number of nitriles is 1. The Morgan fingerprint density at radius 1 is 1.38 bits per heavy atom. The summed E-state index contributed by atoms with van der Waals surface area (Å²) in [4.78, 5) is 12.4. The summed E-state index contributed by atoms with van der Waals surface area (Å²) in [5.41, 5.74) is 0.782. The van der Waals surface area contributed by atoms with Gasteiger partial charge in [0.1, 0.15) is 16.9 Å².